The number of hydrogen-bond donors (Lipinski definition) is 2. The maximum atomic E-state index is 12.8. The van der Waals surface area contributed by atoms with Gasteiger partial charge in [0.2, 0.25) is 5.75 Å². The number of amides is 1. The van der Waals surface area contributed by atoms with Gasteiger partial charge in [0.1, 0.15) is 29.5 Å². The Morgan fingerprint density at radius 2 is 2.00 bits per heavy atom. The number of aromatic nitrogens is 4. The number of nitrogens with one attached hydrogen (secondary N) is 1. The van der Waals surface area contributed by atoms with Crippen LogP contribution in [-0.4, -0.2) is 30.7 Å². The molecule has 0 aliphatic carbocycles. The van der Waals surface area contributed by atoms with Crippen LogP contribution in [0.2, 0.25) is 0 Å². The summed E-state index contributed by atoms with van der Waals surface area (Å²) < 4.78 is 5.89. The molecule has 34 heavy (non-hydrogen) atoms. The third-order valence-electron chi connectivity index (χ3n) is 5.55. The van der Waals surface area contributed by atoms with E-state index in [1.54, 1.807) is 12.1 Å². The summed E-state index contributed by atoms with van der Waals surface area (Å²) in [7, 11) is 1.47. The fraction of sp³-hybridized carbons (Fsp3) is 0.167. The van der Waals surface area contributed by atoms with Gasteiger partial charge in [0.15, 0.2) is 5.69 Å². The molecule has 3 aromatic heterocycles. The first-order valence-electron chi connectivity index (χ1n) is 10.3. The van der Waals surface area contributed by atoms with Gasteiger partial charge in [-0.25, -0.2) is 9.97 Å². The summed E-state index contributed by atoms with van der Waals surface area (Å²) in [6.45, 7) is 1.84. The minimum atomic E-state index is -0.790. The van der Waals surface area contributed by atoms with Crippen molar-refractivity contribution in [2.24, 2.45) is 7.05 Å². The molecule has 10 nitrogen and oxygen atoms in total. The van der Waals surface area contributed by atoms with E-state index in [2.05, 4.69) is 26.5 Å². The Labute approximate surface area is 194 Å². The molecule has 0 fully saturated rings. The van der Waals surface area contributed by atoms with Crippen molar-refractivity contribution in [1.29, 1.82) is 5.26 Å². The molecule has 4 aromatic rings. The van der Waals surface area contributed by atoms with Gasteiger partial charge in [-0.1, -0.05) is 48.5 Å². The first-order chi connectivity index (χ1) is 16.4. The number of aromatic hydroxyl groups is 1. The Kier molecular flexibility index (Phi) is 6.18. The molecule has 0 saturated heterocycles. The maximum absolute atomic E-state index is 12.8. The van der Waals surface area contributed by atoms with Crippen LogP contribution in [0.5, 0.6) is 5.75 Å². The second-order valence-corrected chi connectivity index (χ2v) is 7.63. The predicted molar refractivity (Wildman–Crippen MR) is 121 cm³/mol. The highest BCUT2D eigenvalue weighted by atomic mass is 16.5. The molecule has 1 amide bonds. The summed E-state index contributed by atoms with van der Waals surface area (Å²) in [6, 6.07) is 15.1. The van der Waals surface area contributed by atoms with Crippen LogP contribution in [0.25, 0.3) is 0 Å². The predicted octanol–water partition coefficient (Wildman–Crippen LogP) is 2.93. The lowest BCUT2D eigenvalue weighted by Crippen LogP contribution is -2.29. The van der Waals surface area contributed by atoms with Gasteiger partial charge in [-0.2, -0.15) is 5.26 Å². The lowest BCUT2D eigenvalue weighted by molar-refractivity contribution is 0.101. The summed E-state index contributed by atoms with van der Waals surface area (Å²) in [6.07, 6.45) is 4.02. The van der Waals surface area contributed by atoms with Gasteiger partial charge < -0.3 is 14.9 Å². The van der Waals surface area contributed by atoms with Crippen molar-refractivity contribution in [2.75, 3.05) is 5.32 Å². The highest BCUT2D eigenvalue weighted by Gasteiger charge is 2.30. The number of pyridine rings is 1. The number of nitrogens with zero attached hydrogens (tertiary/aromatic N) is 5. The van der Waals surface area contributed by atoms with E-state index in [1.165, 1.54) is 30.3 Å². The molecule has 0 aliphatic rings. The summed E-state index contributed by atoms with van der Waals surface area (Å²) in [4.78, 5) is 34.2. The van der Waals surface area contributed by atoms with Gasteiger partial charge in [-0.3, -0.25) is 14.2 Å². The number of carbonyl (C=O) groups is 1. The molecule has 2 atom stereocenters. The van der Waals surface area contributed by atoms with E-state index in [0.717, 1.165) is 5.56 Å². The number of nitriles is 1. The van der Waals surface area contributed by atoms with Crippen LogP contribution in [0.15, 0.2) is 70.4 Å². The average Bonchev–Trinajstić information content (AvgIpc) is 3.36. The molecule has 10 heteroatoms. The molecule has 0 spiro atoms. The van der Waals surface area contributed by atoms with Gasteiger partial charge in [0, 0.05) is 25.1 Å². The lowest BCUT2D eigenvalue weighted by Gasteiger charge is -2.26. The van der Waals surface area contributed by atoms with Crippen LogP contribution in [0.4, 0.5) is 5.69 Å². The molecule has 1 aromatic carbocycles. The van der Waals surface area contributed by atoms with Gasteiger partial charge in [-0.05, 0) is 17.2 Å². The number of carbonyl (C=O) groups excluding carboxylic acids is 1. The highest BCUT2D eigenvalue weighted by molar-refractivity contribution is 6.04. The van der Waals surface area contributed by atoms with E-state index < -0.39 is 34.7 Å². The molecule has 0 radical (unpaired) electrons. The Morgan fingerprint density at radius 3 is 2.68 bits per heavy atom. The number of hydrogen-bond acceptors (Lipinski definition) is 8. The van der Waals surface area contributed by atoms with E-state index in [4.69, 9.17) is 4.52 Å². The van der Waals surface area contributed by atoms with Crippen molar-refractivity contribution < 1.29 is 14.4 Å². The fourth-order valence-electron chi connectivity index (χ4n) is 3.94. The van der Waals surface area contributed by atoms with Crippen LogP contribution >= 0.6 is 0 Å². The van der Waals surface area contributed by atoms with E-state index in [-0.39, 0.29) is 17.2 Å². The molecule has 0 saturated carbocycles. The van der Waals surface area contributed by atoms with Crippen LogP contribution in [0, 0.1) is 11.3 Å². The summed E-state index contributed by atoms with van der Waals surface area (Å²) in [5.41, 5.74) is 0.823. The minimum Gasteiger partial charge on any atom is -0.501 e. The smallest absolute Gasteiger partial charge is 0.296 e. The fourth-order valence-corrected chi connectivity index (χ4v) is 3.94. The zero-order valence-electron chi connectivity index (χ0n) is 18.3. The van der Waals surface area contributed by atoms with Crippen LogP contribution in [-0.2, 0) is 7.05 Å². The van der Waals surface area contributed by atoms with Gasteiger partial charge >= 0.3 is 0 Å². The van der Waals surface area contributed by atoms with Crippen molar-refractivity contribution in [3.8, 4) is 11.8 Å². The quantitative estimate of drug-likeness (QED) is 0.450. The van der Waals surface area contributed by atoms with Crippen LogP contribution in [0.3, 0.4) is 0 Å². The zero-order chi connectivity index (χ0) is 24.2. The van der Waals surface area contributed by atoms with Crippen molar-refractivity contribution in [1.82, 2.24) is 19.7 Å². The molecule has 0 aliphatic heterocycles. The number of benzene rings is 1. The monoisotopic (exact) mass is 456 g/mol. The summed E-state index contributed by atoms with van der Waals surface area (Å²) in [5.74, 6) is -2.22. The SMILES string of the molecule is C[C@@H](c1nc(C(=O)Nc2cnoc2)c(O)c(=O)n1C)[C@@H](c1ccccc1)c1cccnc1C#N. The zero-order valence-corrected chi connectivity index (χ0v) is 18.3. The van der Waals surface area contributed by atoms with Crippen LogP contribution in [0.1, 0.15) is 51.9 Å². The molecule has 4 rings (SSSR count). The Morgan fingerprint density at radius 1 is 1.24 bits per heavy atom. The number of rotatable bonds is 6. The standard InChI is InChI=1S/C24H20N6O4/c1-14(19(15-7-4-3-5-8-15)17-9-6-10-26-18(17)11-25)22-29-20(21(31)24(33)30(22)2)23(32)28-16-12-27-34-13-16/h3-10,12-14,19,31H,1-2H3,(H,28,32)/t14-,19+/m1/s1. The third-order valence-corrected chi connectivity index (χ3v) is 5.55. The van der Waals surface area contributed by atoms with E-state index in [1.807, 2.05) is 37.3 Å². The van der Waals surface area contributed by atoms with Crippen LogP contribution < -0.4 is 10.9 Å². The highest BCUT2D eigenvalue weighted by Crippen LogP contribution is 2.38. The largest absolute Gasteiger partial charge is 0.501 e. The normalized spacial score (nSPS) is 12.5. The van der Waals surface area contributed by atoms with Crippen molar-refractivity contribution in [3.05, 3.63) is 99.8 Å². The molecular weight excluding hydrogens is 436 g/mol. The van der Waals surface area contributed by atoms with Gasteiger partial charge in [0.05, 0.1) is 6.20 Å². The Balaban J connectivity index is 1.86. The lowest BCUT2D eigenvalue weighted by atomic mass is 9.80. The second kappa shape index (κ2) is 9.38. The number of anilines is 1. The van der Waals surface area contributed by atoms with Crippen molar-refractivity contribution in [3.63, 3.8) is 0 Å². The molecule has 0 bridgehead atoms. The topological polar surface area (TPSA) is 147 Å². The summed E-state index contributed by atoms with van der Waals surface area (Å²) in [5, 5.41) is 26.0. The average molecular weight is 456 g/mol. The van der Waals surface area contributed by atoms with Crippen molar-refractivity contribution in [2.45, 2.75) is 18.8 Å². The maximum Gasteiger partial charge on any atom is 0.296 e. The van der Waals surface area contributed by atoms with E-state index >= 15 is 0 Å². The van der Waals surface area contributed by atoms with Gasteiger partial charge in [0.25, 0.3) is 11.5 Å². The molecule has 3 heterocycles. The minimum absolute atomic E-state index is 0.248. The molecular formula is C24H20N6O4. The first-order valence-corrected chi connectivity index (χ1v) is 10.3. The second-order valence-electron chi connectivity index (χ2n) is 7.63. The van der Waals surface area contributed by atoms with Crippen molar-refractivity contribution >= 4 is 11.6 Å². The Hall–Kier alpha value is -4.78. The molecule has 2 N–H and O–H groups in total. The first kappa shape index (κ1) is 22.4. The molecule has 170 valence electrons. The van der Waals surface area contributed by atoms with Gasteiger partial charge in [-0.15, -0.1) is 0 Å². The molecule has 0 unspecified atom stereocenters. The summed E-state index contributed by atoms with van der Waals surface area (Å²) >= 11 is 0. The van der Waals surface area contributed by atoms with E-state index in [0.29, 0.717) is 5.56 Å². The Bertz CT molecular complexity index is 1420. The van der Waals surface area contributed by atoms with E-state index in [9.17, 15) is 20.0 Å². The third kappa shape index (κ3) is 4.14.